The number of aromatic nitrogens is 2. The SMILES string of the molecule is O=C1CC(S)CN1c1cc(Cl)ncn1. The van der Waals surface area contributed by atoms with Gasteiger partial charge in [0.15, 0.2) is 0 Å². The predicted molar refractivity (Wildman–Crippen MR) is 56.8 cm³/mol. The topological polar surface area (TPSA) is 46.1 Å². The lowest BCUT2D eigenvalue weighted by Gasteiger charge is -2.13. The van der Waals surface area contributed by atoms with Crippen molar-refractivity contribution in [1.82, 2.24) is 9.97 Å². The van der Waals surface area contributed by atoms with Crippen molar-refractivity contribution in [3.05, 3.63) is 17.5 Å². The van der Waals surface area contributed by atoms with E-state index in [1.807, 2.05) is 0 Å². The van der Waals surface area contributed by atoms with E-state index in [0.29, 0.717) is 23.9 Å². The van der Waals surface area contributed by atoms with E-state index in [0.717, 1.165) is 0 Å². The summed E-state index contributed by atoms with van der Waals surface area (Å²) in [5, 5.41) is 0.418. The first-order chi connectivity index (χ1) is 6.66. The second kappa shape index (κ2) is 3.74. The van der Waals surface area contributed by atoms with E-state index in [9.17, 15) is 4.79 Å². The van der Waals surface area contributed by atoms with Crippen molar-refractivity contribution in [2.45, 2.75) is 11.7 Å². The van der Waals surface area contributed by atoms with Crippen molar-refractivity contribution in [3.63, 3.8) is 0 Å². The Kier molecular flexibility index (Phi) is 2.60. The van der Waals surface area contributed by atoms with Crippen molar-refractivity contribution in [2.75, 3.05) is 11.4 Å². The third-order valence-corrected chi connectivity index (χ3v) is 2.55. The van der Waals surface area contributed by atoms with Crippen LogP contribution in [0.3, 0.4) is 0 Å². The maximum absolute atomic E-state index is 11.5. The summed E-state index contributed by atoms with van der Waals surface area (Å²) < 4.78 is 0. The number of carbonyl (C=O) groups excluding carboxylic acids is 1. The van der Waals surface area contributed by atoms with Crippen LogP contribution in [0.5, 0.6) is 0 Å². The third kappa shape index (κ3) is 1.83. The Hall–Kier alpha value is -0.810. The molecular formula is C8H8ClN3OS. The van der Waals surface area contributed by atoms with E-state index in [-0.39, 0.29) is 11.2 Å². The highest BCUT2D eigenvalue weighted by Gasteiger charge is 2.29. The molecule has 1 aliphatic heterocycles. The van der Waals surface area contributed by atoms with Crippen LogP contribution in [0.1, 0.15) is 6.42 Å². The molecule has 0 bridgehead atoms. The van der Waals surface area contributed by atoms with E-state index < -0.39 is 0 Å². The number of hydrogen-bond donors (Lipinski definition) is 1. The van der Waals surface area contributed by atoms with E-state index in [4.69, 9.17) is 11.6 Å². The van der Waals surface area contributed by atoms with Crippen LogP contribution in [0.4, 0.5) is 5.82 Å². The summed E-state index contributed by atoms with van der Waals surface area (Å²) in [5.74, 6) is 0.575. The molecule has 1 aromatic heterocycles. The fraction of sp³-hybridized carbons (Fsp3) is 0.375. The molecule has 1 atom stereocenters. The Labute approximate surface area is 91.7 Å². The first-order valence-electron chi connectivity index (χ1n) is 4.13. The molecule has 0 spiro atoms. The number of rotatable bonds is 1. The van der Waals surface area contributed by atoms with Gasteiger partial charge in [-0.25, -0.2) is 9.97 Å². The second-order valence-corrected chi connectivity index (χ2v) is 4.18. The monoisotopic (exact) mass is 229 g/mol. The van der Waals surface area contributed by atoms with Gasteiger partial charge in [-0.15, -0.1) is 0 Å². The Morgan fingerprint density at radius 3 is 2.93 bits per heavy atom. The van der Waals surface area contributed by atoms with Gasteiger partial charge in [0.25, 0.3) is 0 Å². The second-order valence-electron chi connectivity index (χ2n) is 3.06. The summed E-state index contributed by atoms with van der Waals surface area (Å²) in [6, 6.07) is 1.57. The lowest BCUT2D eigenvalue weighted by molar-refractivity contribution is -0.117. The van der Waals surface area contributed by atoms with Gasteiger partial charge in [0, 0.05) is 24.3 Å². The largest absolute Gasteiger partial charge is 0.296 e. The normalized spacial score (nSPS) is 21.7. The fourth-order valence-corrected chi connectivity index (χ4v) is 1.84. The van der Waals surface area contributed by atoms with Crippen LogP contribution < -0.4 is 4.90 Å². The average molecular weight is 230 g/mol. The molecule has 1 aliphatic rings. The molecule has 0 aromatic carbocycles. The van der Waals surface area contributed by atoms with Crippen LogP contribution in [0.25, 0.3) is 0 Å². The van der Waals surface area contributed by atoms with Gasteiger partial charge in [-0.1, -0.05) is 11.6 Å². The van der Waals surface area contributed by atoms with E-state index in [2.05, 4.69) is 22.6 Å². The van der Waals surface area contributed by atoms with Gasteiger partial charge < -0.3 is 0 Å². The molecule has 4 nitrogen and oxygen atoms in total. The number of anilines is 1. The lowest BCUT2D eigenvalue weighted by Crippen LogP contribution is -2.25. The van der Waals surface area contributed by atoms with E-state index in [1.54, 1.807) is 11.0 Å². The zero-order chi connectivity index (χ0) is 10.1. The summed E-state index contributed by atoms with van der Waals surface area (Å²) >= 11 is 9.95. The van der Waals surface area contributed by atoms with Gasteiger partial charge in [-0.05, 0) is 0 Å². The Bertz CT molecular complexity index is 373. The van der Waals surface area contributed by atoms with Crippen LogP contribution in [-0.2, 0) is 4.79 Å². The van der Waals surface area contributed by atoms with Gasteiger partial charge in [-0.2, -0.15) is 12.6 Å². The molecule has 14 heavy (non-hydrogen) atoms. The molecule has 6 heteroatoms. The Morgan fingerprint density at radius 1 is 1.57 bits per heavy atom. The number of thiol groups is 1. The minimum absolute atomic E-state index is 0.0276. The van der Waals surface area contributed by atoms with Crippen molar-refractivity contribution in [3.8, 4) is 0 Å². The maximum atomic E-state index is 11.5. The summed E-state index contributed by atoms with van der Waals surface area (Å²) in [6.45, 7) is 0.579. The number of nitrogens with zero attached hydrogens (tertiary/aromatic N) is 3. The van der Waals surface area contributed by atoms with Crippen LogP contribution in [0.2, 0.25) is 5.15 Å². The lowest BCUT2D eigenvalue weighted by atomic mass is 10.4. The molecule has 2 rings (SSSR count). The molecule has 1 aromatic rings. The van der Waals surface area contributed by atoms with Gasteiger partial charge in [0.05, 0.1) is 0 Å². The first kappa shape index (κ1) is 9.73. The molecule has 0 aliphatic carbocycles. The molecule has 74 valence electrons. The molecule has 0 radical (unpaired) electrons. The first-order valence-corrected chi connectivity index (χ1v) is 5.02. The van der Waals surface area contributed by atoms with Crippen LogP contribution in [0.15, 0.2) is 12.4 Å². The number of hydrogen-bond acceptors (Lipinski definition) is 4. The highest BCUT2D eigenvalue weighted by molar-refractivity contribution is 7.81. The molecule has 1 amide bonds. The smallest absolute Gasteiger partial charge is 0.229 e. The summed E-state index contributed by atoms with van der Waals surface area (Å²) in [6.07, 6.45) is 1.79. The van der Waals surface area contributed by atoms with Crippen LogP contribution in [-0.4, -0.2) is 27.7 Å². The third-order valence-electron chi connectivity index (χ3n) is 2.00. The van der Waals surface area contributed by atoms with E-state index >= 15 is 0 Å². The standard InChI is InChI=1S/C8H8ClN3OS/c9-6-2-7(11-4-10-6)12-3-5(14)1-8(12)13/h2,4-5,14H,1,3H2. The maximum Gasteiger partial charge on any atom is 0.229 e. The van der Waals surface area contributed by atoms with Crippen molar-refractivity contribution in [2.24, 2.45) is 0 Å². The molecule has 0 saturated carbocycles. The molecule has 0 N–H and O–H groups in total. The zero-order valence-electron chi connectivity index (χ0n) is 7.22. The number of halogens is 1. The van der Waals surface area contributed by atoms with Crippen molar-refractivity contribution in [1.29, 1.82) is 0 Å². The minimum Gasteiger partial charge on any atom is -0.296 e. The summed E-state index contributed by atoms with van der Waals surface area (Å²) in [4.78, 5) is 20.8. The molecule has 1 unspecified atom stereocenters. The highest BCUT2D eigenvalue weighted by Crippen LogP contribution is 2.22. The predicted octanol–water partition coefficient (Wildman–Crippen LogP) is 1.17. The van der Waals surface area contributed by atoms with Crippen LogP contribution >= 0.6 is 24.2 Å². The van der Waals surface area contributed by atoms with Gasteiger partial charge in [-0.3, -0.25) is 9.69 Å². The van der Waals surface area contributed by atoms with Crippen molar-refractivity contribution < 1.29 is 4.79 Å². The molecule has 1 fully saturated rings. The van der Waals surface area contributed by atoms with E-state index in [1.165, 1.54) is 6.33 Å². The van der Waals surface area contributed by atoms with Gasteiger partial charge in [0.2, 0.25) is 5.91 Å². The van der Waals surface area contributed by atoms with Gasteiger partial charge in [0.1, 0.15) is 17.3 Å². The minimum atomic E-state index is 0.0276. The quantitative estimate of drug-likeness (QED) is 0.581. The summed E-state index contributed by atoms with van der Waals surface area (Å²) in [5.41, 5.74) is 0. The van der Waals surface area contributed by atoms with Crippen LogP contribution in [0, 0.1) is 0 Å². The number of amides is 1. The fourth-order valence-electron chi connectivity index (χ4n) is 1.38. The Morgan fingerprint density at radius 2 is 2.36 bits per heavy atom. The van der Waals surface area contributed by atoms with Gasteiger partial charge >= 0.3 is 0 Å². The highest BCUT2D eigenvalue weighted by atomic mass is 35.5. The summed E-state index contributed by atoms with van der Waals surface area (Å²) in [7, 11) is 0. The molecule has 2 heterocycles. The molecule has 1 saturated heterocycles. The Balaban J connectivity index is 2.27. The zero-order valence-corrected chi connectivity index (χ0v) is 8.87. The molecular weight excluding hydrogens is 222 g/mol. The van der Waals surface area contributed by atoms with Crippen molar-refractivity contribution >= 4 is 36.0 Å². The average Bonchev–Trinajstić information content (AvgIpc) is 2.45. The number of carbonyl (C=O) groups is 1.